The molecule has 0 radical (unpaired) electrons. The molecule has 0 fully saturated rings. The fraction of sp³-hybridized carbons (Fsp3) is 0.118. The van der Waals surface area contributed by atoms with E-state index in [0.717, 1.165) is 21.9 Å². The molecule has 0 saturated heterocycles. The number of nitrogens with two attached hydrogens (primary N) is 1. The molecule has 25 heavy (non-hydrogen) atoms. The highest BCUT2D eigenvalue weighted by Gasteiger charge is 2.19. The number of halogens is 1. The van der Waals surface area contributed by atoms with Gasteiger partial charge in [0.15, 0.2) is 0 Å². The van der Waals surface area contributed by atoms with Crippen LogP contribution in [-0.4, -0.2) is 20.6 Å². The van der Waals surface area contributed by atoms with Crippen LogP contribution in [0.1, 0.15) is 15.2 Å². The molecule has 0 saturated carbocycles. The smallest absolute Gasteiger partial charge is 0.258 e. The maximum Gasteiger partial charge on any atom is 0.258 e. The van der Waals surface area contributed by atoms with Crippen molar-refractivity contribution in [2.24, 2.45) is 5.73 Å². The average molecular weight is 395 g/mol. The van der Waals surface area contributed by atoms with Crippen molar-refractivity contribution in [3.8, 4) is 0 Å². The summed E-state index contributed by atoms with van der Waals surface area (Å²) in [5.41, 5.74) is 6.66. The summed E-state index contributed by atoms with van der Waals surface area (Å²) in [5, 5.41) is 1.37. The molecule has 130 valence electrons. The highest BCUT2D eigenvalue weighted by atomic mass is 35.5. The molecule has 5 nitrogen and oxygen atoms in total. The van der Waals surface area contributed by atoms with Gasteiger partial charge in [-0.1, -0.05) is 23.7 Å². The Balaban J connectivity index is 2.02. The number of anilines is 1. The minimum Gasteiger partial charge on any atom is -0.365 e. The monoisotopic (exact) mass is 394 g/mol. The van der Waals surface area contributed by atoms with Gasteiger partial charge in [-0.2, -0.15) is 0 Å². The Morgan fingerprint density at radius 1 is 1.16 bits per heavy atom. The van der Waals surface area contributed by atoms with Crippen molar-refractivity contribution in [3.63, 3.8) is 0 Å². The molecule has 1 heterocycles. The molecule has 0 aliphatic rings. The third-order valence-corrected chi connectivity index (χ3v) is 6.19. The lowest BCUT2D eigenvalue weighted by atomic mass is 10.2. The van der Waals surface area contributed by atoms with Crippen LogP contribution in [0.5, 0.6) is 0 Å². The van der Waals surface area contributed by atoms with Gasteiger partial charge in [0.1, 0.15) is 0 Å². The molecule has 0 atom stereocenters. The van der Waals surface area contributed by atoms with Crippen molar-refractivity contribution in [2.75, 3.05) is 10.6 Å². The van der Waals surface area contributed by atoms with Crippen LogP contribution in [0.2, 0.25) is 5.02 Å². The number of carbonyl (C=O) groups excluding carboxylic acids is 1. The number of fused-ring (bicyclic) bond motifs is 1. The van der Waals surface area contributed by atoms with E-state index in [2.05, 4.69) is 0 Å². The number of hydrogen-bond acceptors (Lipinski definition) is 4. The second-order valence-corrected chi connectivity index (χ2v) is 9.02. The first-order valence-electron chi connectivity index (χ1n) is 7.29. The molecule has 0 unspecified atom stereocenters. The van der Waals surface area contributed by atoms with Crippen LogP contribution >= 0.6 is 22.9 Å². The molecular weight excluding hydrogens is 380 g/mol. The van der Waals surface area contributed by atoms with Crippen molar-refractivity contribution in [2.45, 2.75) is 6.54 Å². The third kappa shape index (κ3) is 3.95. The van der Waals surface area contributed by atoms with Crippen molar-refractivity contribution < 1.29 is 13.2 Å². The number of thiophene rings is 1. The summed E-state index contributed by atoms with van der Waals surface area (Å²) in [6, 6.07) is 14.0. The number of benzene rings is 2. The zero-order valence-electron chi connectivity index (χ0n) is 13.3. The van der Waals surface area contributed by atoms with Crippen LogP contribution in [0.3, 0.4) is 0 Å². The van der Waals surface area contributed by atoms with E-state index in [1.165, 1.54) is 15.6 Å². The second-order valence-electron chi connectivity index (χ2n) is 5.59. The van der Waals surface area contributed by atoms with Crippen molar-refractivity contribution in [1.29, 1.82) is 0 Å². The molecule has 2 N–H and O–H groups in total. The van der Waals surface area contributed by atoms with Gasteiger partial charge in [0.2, 0.25) is 10.0 Å². The predicted octanol–water partition coefficient (Wildman–Crippen LogP) is 3.62. The van der Waals surface area contributed by atoms with Crippen LogP contribution in [0, 0.1) is 0 Å². The molecule has 3 rings (SSSR count). The first-order valence-corrected chi connectivity index (χ1v) is 10.3. The third-order valence-electron chi connectivity index (χ3n) is 3.67. The van der Waals surface area contributed by atoms with Crippen LogP contribution < -0.4 is 10.0 Å². The lowest BCUT2D eigenvalue weighted by Crippen LogP contribution is -2.29. The summed E-state index contributed by atoms with van der Waals surface area (Å²) in [6.45, 7) is 0.189. The second kappa shape index (κ2) is 6.67. The average Bonchev–Trinajstić information content (AvgIpc) is 2.96. The Kier molecular flexibility index (Phi) is 4.73. The predicted molar refractivity (Wildman–Crippen MR) is 103 cm³/mol. The molecule has 1 amide bonds. The zero-order valence-corrected chi connectivity index (χ0v) is 15.7. The lowest BCUT2D eigenvalue weighted by Gasteiger charge is -2.22. The number of rotatable bonds is 5. The summed E-state index contributed by atoms with van der Waals surface area (Å²) < 4.78 is 26.8. The summed E-state index contributed by atoms with van der Waals surface area (Å²) in [4.78, 5) is 11.8. The van der Waals surface area contributed by atoms with Gasteiger partial charge in [0.05, 0.1) is 23.4 Å². The molecule has 0 aliphatic heterocycles. The minimum atomic E-state index is -3.49. The normalized spacial score (nSPS) is 11.6. The van der Waals surface area contributed by atoms with E-state index in [4.69, 9.17) is 17.3 Å². The van der Waals surface area contributed by atoms with E-state index in [9.17, 15) is 13.2 Å². The number of nitrogens with zero attached hydrogens (tertiary/aromatic N) is 1. The summed E-state index contributed by atoms with van der Waals surface area (Å²) in [6.07, 6.45) is 1.16. The quantitative estimate of drug-likeness (QED) is 0.717. The van der Waals surface area contributed by atoms with Crippen molar-refractivity contribution in [3.05, 3.63) is 64.0 Å². The highest BCUT2D eigenvalue weighted by molar-refractivity contribution is 7.92. The molecule has 3 aromatic rings. The zero-order chi connectivity index (χ0) is 18.2. The van der Waals surface area contributed by atoms with Crippen LogP contribution in [0.4, 0.5) is 5.69 Å². The molecule has 0 spiro atoms. The lowest BCUT2D eigenvalue weighted by molar-refractivity contribution is 0.100. The van der Waals surface area contributed by atoms with Crippen molar-refractivity contribution >= 4 is 54.6 Å². The van der Waals surface area contributed by atoms with Gasteiger partial charge in [-0.05, 0) is 47.3 Å². The Bertz CT molecular complexity index is 1040. The van der Waals surface area contributed by atoms with E-state index in [1.54, 1.807) is 48.5 Å². The maximum absolute atomic E-state index is 12.3. The van der Waals surface area contributed by atoms with Crippen molar-refractivity contribution in [1.82, 2.24) is 0 Å². The number of hydrogen-bond donors (Lipinski definition) is 1. The highest BCUT2D eigenvalue weighted by Crippen LogP contribution is 2.31. The summed E-state index contributed by atoms with van der Waals surface area (Å²) >= 11 is 7.16. The van der Waals surface area contributed by atoms with Gasteiger partial charge in [-0.3, -0.25) is 9.10 Å². The maximum atomic E-state index is 12.3. The minimum absolute atomic E-state index is 0.189. The Labute approximate surface area is 154 Å². The van der Waals surface area contributed by atoms with Gasteiger partial charge in [-0.25, -0.2) is 8.42 Å². The first kappa shape index (κ1) is 17.7. The van der Waals surface area contributed by atoms with Gasteiger partial charge < -0.3 is 5.73 Å². The Morgan fingerprint density at radius 3 is 2.44 bits per heavy atom. The summed E-state index contributed by atoms with van der Waals surface area (Å²) in [5.74, 6) is -0.496. The Hall–Kier alpha value is -2.09. The van der Waals surface area contributed by atoms with E-state index < -0.39 is 15.9 Å². The van der Waals surface area contributed by atoms with E-state index in [0.29, 0.717) is 15.6 Å². The number of amides is 1. The number of carbonyl (C=O) groups is 1. The van der Waals surface area contributed by atoms with Gasteiger partial charge in [0.25, 0.3) is 5.91 Å². The molecular formula is C17H15ClN2O3S2. The molecule has 0 aliphatic carbocycles. The number of primary amides is 1. The molecule has 0 bridgehead atoms. The SMILES string of the molecule is CS(=O)(=O)N(Cc1ccc(Cl)cc1)c1ccc2sc(C(N)=O)cc2c1. The summed E-state index contributed by atoms with van der Waals surface area (Å²) in [7, 11) is -3.49. The van der Waals surface area contributed by atoms with Crippen LogP contribution in [-0.2, 0) is 16.6 Å². The largest absolute Gasteiger partial charge is 0.365 e. The van der Waals surface area contributed by atoms with E-state index >= 15 is 0 Å². The van der Waals surface area contributed by atoms with Gasteiger partial charge >= 0.3 is 0 Å². The topological polar surface area (TPSA) is 80.5 Å². The standard InChI is InChI=1S/C17H15ClN2O3S2/c1-25(22,23)20(10-11-2-4-13(18)5-3-11)14-6-7-15-12(8-14)9-16(24-15)17(19)21/h2-9H,10H2,1H3,(H2,19,21). The van der Waals surface area contributed by atoms with Crippen LogP contribution in [0.15, 0.2) is 48.5 Å². The molecule has 1 aromatic heterocycles. The van der Waals surface area contributed by atoms with Gasteiger partial charge in [0, 0.05) is 9.72 Å². The first-order chi connectivity index (χ1) is 11.7. The molecule has 2 aromatic carbocycles. The number of sulfonamides is 1. The fourth-order valence-corrected chi connectivity index (χ4v) is 4.36. The van der Waals surface area contributed by atoms with Gasteiger partial charge in [-0.15, -0.1) is 11.3 Å². The fourth-order valence-electron chi connectivity index (χ4n) is 2.46. The van der Waals surface area contributed by atoms with E-state index in [1.807, 2.05) is 0 Å². The van der Waals surface area contributed by atoms with E-state index in [-0.39, 0.29) is 6.54 Å². The Morgan fingerprint density at radius 2 is 1.84 bits per heavy atom. The van der Waals surface area contributed by atoms with Crippen LogP contribution in [0.25, 0.3) is 10.1 Å². The molecule has 8 heteroatoms.